The summed E-state index contributed by atoms with van der Waals surface area (Å²) in [7, 11) is 0. The first kappa shape index (κ1) is 14.4. The molecule has 1 amide bonds. The number of anilines is 1. The number of nitrogens with one attached hydrogen (secondary N) is 1. The van der Waals surface area contributed by atoms with Gasteiger partial charge >= 0.3 is 0 Å². The number of carbonyl (C=O) groups excluding carboxylic acids is 1. The maximum atomic E-state index is 11.7. The van der Waals surface area contributed by atoms with Crippen molar-refractivity contribution in [3.8, 4) is 0 Å². The zero-order valence-electron chi connectivity index (χ0n) is 9.86. The van der Waals surface area contributed by atoms with Gasteiger partial charge in [-0.25, -0.2) is 8.78 Å². The summed E-state index contributed by atoms with van der Waals surface area (Å²) < 4.78 is 28.1. The van der Waals surface area contributed by atoms with E-state index in [1.807, 2.05) is 12.1 Å². The molecule has 3 N–H and O–H groups in total. The summed E-state index contributed by atoms with van der Waals surface area (Å²) in [6.07, 6.45) is -2.45. The highest BCUT2D eigenvalue weighted by Gasteiger charge is 2.05. The third kappa shape index (κ3) is 5.58. The van der Waals surface area contributed by atoms with E-state index in [4.69, 9.17) is 5.73 Å². The monoisotopic (exact) mass is 258 g/mol. The highest BCUT2D eigenvalue weighted by atomic mass is 19.3. The van der Waals surface area contributed by atoms with Crippen LogP contribution in [-0.4, -0.2) is 25.5 Å². The van der Waals surface area contributed by atoms with Crippen molar-refractivity contribution in [2.45, 2.75) is 19.4 Å². The first-order chi connectivity index (χ1) is 8.59. The summed E-state index contributed by atoms with van der Waals surface area (Å²) in [4.78, 5) is 11.4. The van der Waals surface area contributed by atoms with Gasteiger partial charge in [-0.3, -0.25) is 4.79 Å². The molecule has 0 heterocycles. The summed E-state index contributed by atoms with van der Waals surface area (Å²) in [5.74, 6) is -0.257. The van der Waals surface area contributed by atoms with Crippen LogP contribution >= 0.6 is 0 Å². The van der Waals surface area contributed by atoms with Crippen molar-refractivity contribution in [2.24, 2.45) is 0 Å². The summed E-state index contributed by atoms with van der Waals surface area (Å²) in [6, 6.07) is 7.18. The van der Waals surface area contributed by atoms with E-state index in [0.29, 0.717) is 12.2 Å². The lowest BCUT2D eigenvalue weighted by Crippen LogP contribution is -2.24. The van der Waals surface area contributed by atoms with Crippen LogP contribution in [0.3, 0.4) is 0 Å². The number of ether oxygens (including phenoxy) is 1. The molecule has 4 nitrogen and oxygen atoms in total. The minimum absolute atomic E-state index is 0.0134. The number of nitrogens with two attached hydrogens (primary N) is 1. The number of benzene rings is 1. The molecule has 1 rings (SSSR count). The first-order valence-corrected chi connectivity index (χ1v) is 5.55. The van der Waals surface area contributed by atoms with Gasteiger partial charge in [-0.1, -0.05) is 18.2 Å². The molecule has 0 fully saturated rings. The number of nitrogen functional groups attached to an aromatic ring is 1. The highest BCUT2D eigenvalue weighted by molar-refractivity contribution is 5.76. The first-order valence-electron chi connectivity index (χ1n) is 5.55. The Hall–Kier alpha value is -1.69. The molecule has 1 aromatic rings. The molecule has 0 aliphatic carbocycles. The molecule has 0 bridgehead atoms. The van der Waals surface area contributed by atoms with Gasteiger partial charge < -0.3 is 15.8 Å². The van der Waals surface area contributed by atoms with Crippen LogP contribution in [0, 0.1) is 0 Å². The van der Waals surface area contributed by atoms with Crippen molar-refractivity contribution in [1.29, 1.82) is 0 Å². The lowest BCUT2D eigenvalue weighted by molar-refractivity contribution is -0.122. The molecular formula is C12H16F2N2O2. The minimum Gasteiger partial charge on any atom is -0.398 e. The molecule has 100 valence electrons. The maximum absolute atomic E-state index is 11.7. The van der Waals surface area contributed by atoms with Crippen LogP contribution < -0.4 is 11.1 Å². The summed E-state index contributed by atoms with van der Waals surface area (Å²) in [6.45, 7) is -0.334. The van der Waals surface area contributed by atoms with Gasteiger partial charge in [0.05, 0.1) is 6.61 Å². The minimum atomic E-state index is -2.50. The second-order valence-electron chi connectivity index (χ2n) is 3.69. The second-order valence-corrected chi connectivity index (χ2v) is 3.69. The second kappa shape index (κ2) is 7.60. The van der Waals surface area contributed by atoms with Gasteiger partial charge in [-0.2, -0.15) is 0 Å². The Morgan fingerprint density at radius 3 is 2.78 bits per heavy atom. The molecule has 6 heteroatoms. The van der Waals surface area contributed by atoms with E-state index in [0.717, 1.165) is 5.56 Å². The quantitative estimate of drug-likeness (QED) is 0.576. The summed E-state index contributed by atoms with van der Waals surface area (Å²) in [5.41, 5.74) is 7.12. The van der Waals surface area contributed by atoms with E-state index in [9.17, 15) is 13.6 Å². The van der Waals surface area contributed by atoms with Gasteiger partial charge in [0, 0.05) is 18.7 Å². The molecule has 0 atom stereocenters. The normalized spacial score (nSPS) is 10.6. The topological polar surface area (TPSA) is 64.3 Å². The molecule has 0 aliphatic rings. The number of rotatable bonds is 7. The van der Waals surface area contributed by atoms with Crippen molar-refractivity contribution in [3.63, 3.8) is 0 Å². The van der Waals surface area contributed by atoms with Crippen LogP contribution in [0.4, 0.5) is 14.5 Å². The number of hydrogen-bond acceptors (Lipinski definition) is 3. The molecule has 0 aromatic heterocycles. The highest BCUT2D eigenvalue weighted by Crippen LogP contribution is 2.09. The summed E-state index contributed by atoms with van der Waals surface area (Å²) in [5, 5.41) is 2.64. The smallest absolute Gasteiger partial charge is 0.261 e. The molecular weight excluding hydrogens is 242 g/mol. The molecule has 0 unspecified atom stereocenters. The van der Waals surface area contributed by atoms with Gasteiger partial charge in [-0.15, -0.1) is 0 Å². The van der Waals surface area contributed by atoms with Crippen LogP contribution in [-0.2, 0) is 16.1 Å². The fraction of sp³-hybridized carbons (Fsp3) is 0.417. The van der Waals surface area contributed by atoms with Crippen LogP contribution in [0.25, 0.3) is 0 Å². The van der Waals surface area contributed by atoms with Gasteiger partial charge in [0.15, 0.2) is 0 Å². The number of carbonyl (C=O) groups is 1. The van der Waals surface area contributed by atoms with Crippen LogP contribution in [0.2, 0.25) is 0 Å². The van der Waals surface area contributed by atoms with E-state index >= 15 is 0 Å². The van der Waals surface area contributed by atoms with E-state index in [1.54, 1.807) is 12.1 Å². The van der Waals surface area contributed by atoms with Crippen LogP contribution in [0.1, 0.15) is 12.0 Å². The molecule has 0 aliphatic heterocycles. The lowest BCUT2D eigenvalue weighted by atomic mass is 10.2. The molecule has 0 radical (unpaired) electrons. The third-order valence-electron chi connectivity index (χ3n) is 2.25. The SMILES string of the molecule is Nc1ccccc1CNC(=O)CCOCC(F)F. The van der Waals surface area contributed by atoms with Crippen LogP contribution in [0.15, 0.2) is 24.3 Å². The van der Waals surface area contributed by atoms with Gasteiger partial charge in [-0.05, 0) is 11.6 Å². The fourth-order valence-electron chi connectivity index (χ4n) is 1.31. The van der Waals surface area contributed by atoms with Crippen LogP contribution in [0.5, 0.6) is 0 Å². The molecule has 0 saturated heterocycles. The van der Waals surface area contributed by atoms with E-state index in [-0.39, 0.29) is 18.9 Å². The van der Waals surface area contributed by atoms with Crippen molar-refractivity contribution in [3.05, 3.63) is 29.8 Å². The number of halogens is 2. The van der Waals surface area contributed by atoms with E-state index in [1.165, 1.54) is 0 Å². The summed E-state index contributed by atoms with van der Waals surface area (Å²) >= 11 is 0. The van der Waals surface area contributed by atoms with Crippen molar-refractivity contribution in [1.82, 2.24) is 5.32 Å². The van der Waals surface area contributed by atoms with Crippen molar-refractivity contribution >= 4 is 11.6 Å². The Morgan fingerprint density at radius 1 is 1.39 bits per heavy atom. The van der Waals surface area contributed by atoms with Gasteiger partial charge in [0.2, 0.25) is 5.91 Å². The maximum Gasteiger partial charge on any atom is 0.261 e. The Bertz CT molecular complexity index is 386. The number of para-hydroxylation sites is 1. The fourth-order valence-corrected chi connectivity index (χ4v) is 1.31. The Kier molecular flexibility index (Phi) is 6.07. The van der Waals surface area contributed by atoms with Gasteiger partial charge in [0.25, 0.3) is 6.43 Å². The number of alkyl halides is 2. The standard InChI is InChI=1S/C12H16F2N2O2/c13-11(14)8-18-6-5-12(17)16-7-9-3-1-2-4-10(9)15/h1-4,11H,5-8,15H2,(H,16,17). The molecule has 1 aromatic carbocycles. The van der Waals surface area contributed by atoms with E-state index in [2.05, 4.69) is 10.1 Å². The average Bonchev–Trinajstić information content (AvgIpc) is 2.33. The molecule has 0 spiro atoms. The largest absolute Gasteiger partial charge is 0.398 e. The molecule has 0 saturated carbocycles. The van der Waals surface area contributed by atoms with Crippen molar-refractivity contribution < 1.29 is 18.3 Å². The number of amides is 1. The van der Waals surface area contributed by atoms with Gasteiger partial charge in [0.1, 0.15) is 6.61 Å². The number of hydrogen-bond donors (Lipinski definition) is 2. The predicted molar refractivity (Wildman–Crippen MR) is 64.1 cm³/mol. The zero-order valence-corrected chi connectivity index (χ0v) is 9.86. The Labute approximate surface area is 104 Å². The predicted octanol–water partition coefficient (Wildman–Crippen LogP) is 1.56. The average molecular weight is 258 g/mol. The lowest BCUT2D eigenvalue weighted by Gasteiger charge is -2.08. The van der Waals surface area contributed by atoms with E-state index < -0.39 is 13.0 Å². The zero-order chi connectivity index (χ0) is 13.4. The molecule has 18 heavy (non-hydrogen) atoms. The van der Waals surface area contributed by atoms with Crippen molar-refractivity contribution in [2.75, 3.05) is 18.9 Å². The third-order valence-corrected chi connectivity index (χ3v) is 2.25. The Morgan fingerprint density at radius 2 is 2.11 bits per heavy atom. The Balaban J connectivity index is 2.19.